The standard InChI is InChI=1S/C23H19NO3/c25-21(18-10-9-16-5-1-2-6-17(16)15-18)24-13-11-23(12-14-24)20-8-4-3-7-19(20)22(26)27-23/h1-10,15H,11-14H2. The number of amides is 1. The number of carbonyl (C=O) groups excluding carboxylic acids is 2. The molecule has 134 valence electrons. The molecule has 1 spiro atoms. The number of carbonyl (C=O) groups is 2. The second-order valence-corrected chi connectivity index (χ2v) is 7.28. The first-order valence-corrected chi connectivity index (χ1v) is 9.27. The molecule has 2 heterocycles. The van der Waals surface area contributed by atoms with Crippen LogP contribution in [0.5, 0.6) is 0 Å². The van der Waals surface area contributed by atoms with Crippen LogP contribution in [0.15, 0.2) is 66.7 Å². The molecule has 0 atom stereocenters. The van der Waals surface area contributed by atoms with Crippen molar-refractivity contribution in [3.05, 3.63) is 83.4 Å². The summed E-state index contributed by atoms with van der Waals surface area (Å²) < 4.78 is 5.77. The van der Waals surface area contributed by atoms with Crippen molar-refractivity contribution < 1.29 is 14.3 Å². The first kappa shape index (κ1) is 16.1. The number of piperidine rings is 1. The molecule has 2 aliphatic rings. The molecule has 2 aliphatic heterocycles. The van der Waals surface area contributed by atoms with Crippen molar-refractivity contribution in [2.75, 3.05) is 13.1 Å². The fourth-order valence-corrected chi connectivity index (χ4v) is 4.29. The van der Waals surface area contributed by atoms with Gasteiger partial charge in [0, 0.05) is 37.1 Å². The molecule has 0 aliphatic carbocycles. The SMILES string of the molecule is O=C1OC2(CCN(C(=O)c3ccc4ccccc4c3)CC2)c2ccccc21. The third-order valence-electron chi connectivity index (χ3n) is 5.78. The normalized spacial score (nSPS) is 17.8. The first-order valence-electron chi connectivity index (χ1n) is 9.27. The second-order valence-electron chi connectivity index (χ2n) is 7.28. The van der Waals surface area contributed by atoms with E-state index < -0.39 is 5.60 Å². The van der Waals surface area contributed by atoms with Crippen LogP contribution in [0, 0.1) is 0 Å². The number of fused-ring (bicyclic) bond motifs is 3. The molecule has 4 nitrogen and oxygen atoms in total. The maximum atomic E-state index is 13.0. The lowest BCUT2D eigenvalue weighted by Crippen LogP contribution is -2.45. The van der Waals surface area contributed by atoms with Gasteiger partial charge in [0.1, 0.15) is 5.60 Å². The fraction of sp³-hybridized carbons (Fsp3) is 0.217. The minimum atomic E-state index is -0.576. The minimum absolute atomic E-state index is 0.0354. The highest BCUT2D eigenvalue weighted by Gasteiger charge is 2.47. The van der Waals surface area contributed by atoms with E-state index in [0.717, 1.165) is 16.3 Å². The van der Waals surface area contributed by atoms with E-state index in [1.165, 1.54) is 0 Å². The summed E-state index contributed by atoms with van der Waals surface area (Å²) in [5.74, 6) is -0.215. The minimum Gasteiger partial charge on any atom is -0.450 e. The summed E-state index contributed by atoms with van der Waals surface area (Å²) in [7, 11) is 0. The van der Waals surface area contributed by atoms with Crippen molar-refractivity contribution in [2.24, 2.45) is 0 Å². The van der Waals surface area contributed by atoms with E-state index in [1.807, 2.05) is 71.6 Å². The lowest BCUT2D eigenvalue weighted by Gasteiger charge is -2.38. The molecule has 0 bridgehead atoms. The summed E-state index contributed by atoms with van der Waals surface area (Å²) in [5.41, 5.74) is 1.75. The Bertz CT molecular complexity index is 1060. The quantitative estimate of drug-likeness (QED) is 0.615. The predicted molar refractivity (Wildman–Crippen MR) is 103 cm³/mol. The average Bonchev–Trinajstić information content (AvgIpc) is 2.99. The van der Waals surface area contributed by atoms with E-state index in [9.17, 15) is 9.59 Å². The number of benzene rings is 3. The van der Waals surface area contributed by atoms with E-state index >= 15 is 0 Å². The van der Waals surface area contributed by atoms with Crippen molar-refractivity contribution in [2.45, 2.75) is 18.4 Å². The smallest absolute Gasteiger partial charge is 0.339 e. The molecule has 1 saturated heterocycles. The van der Waals surface area contributed by atoms with Crippen molar-refractivity contribution in [1.29, 1.82) is 0 Å². The summed E-state index contributed by atoms with van der Waals surface area (Å²) in [6, 6.07) is 21.5. The summed E-state index contributed by atoms with van der Waals surface area (Å²) in [5, 5.41) is 2.19. The Labute approximate surface area is 157 Å². The van der Waals surface area contributed by atoms with Gasteiger partial charge in [-0.3, -0.25) is 4.79 Å². The van der Waals surface area contributed by atoms with Crippen LogP contribution in [-0.2, 0) is 10.3 Å². The van der Waals surface area contributed by atoms with Crippen LogP contribution in [0.3, 0.4) is 0 Å². The van der Waals surface area contributed by atoms with Crippen molar-refractivity contribution in [3.63, 3.8) is 0 Å². The molecule has 0 saturated carbocycles. The summed E-state index contributed by atoms with van der Waals surface area (Å²) in [6.07, 6.45) is 1.27. The van der Waals surface area contributed by atoms with Crippen LogP contribution >= 0.6 is 0 Å². The molecule has 5 rings (SSSR count). The molecule has 0 radical (unpaired) electrons. The van der Waals surface area contributed by atoms with E-state index in [0.29, 0.717) is 37.1 Å². The zero-order chi connectivity index (χ0) is 18.4. The third kappa shape index (κ3) is 2.52. The van der Waals surface area contributed by atoms with Gasteiger partial charge in [-0.1, -0.05) is 48.5 Å². The maximum Gasteiger partial charge on any atom is 0.339 e. The number of hydrogen-bond donors (Lipinski definition) is 0. The zero-order valence-electron chi connectivity index (χ0n) is 14.9. The highest BCUT2D eigenvalue weighted by molar-refractivity contribution is 5.99. The lowest BCUT2D eigenvalue weighted by molar-refractivity contribution is -0.0389. The van der Waals surface area contributed by atoms with Crippen LogP contribution in [0.1, 0.15) is 39.1 Å². The monoisotopic (exact) mass is 357 g/mol. The van der Waals surface area contributed by atoms with E-state index in [4.69, 9.17) is 4.74 Å². The lowest BCUT2D eigenvalue weighted by atomic mass is 9.83. The Balaban J connectivity index is 1.37. The van der Waals surface area contributed by atoms with Gasteiger partial charge in [0.05, 0.1) is 5.56 Å². The Morgan fingerprint density at radius 3 is 2.41 bits per heavy atom. The van der Waals surface area contributed by atoms with Crippen LogP contribution in [0.2, 0.25) is 0 Å². The number of nitrogens with zero attached hydrogens (tertiary/aromatic N) is 1. The summed E-state index contributed by atoms with van der Waals surface area (Å²) in [4.78, 5) is 27.0. The van der Waals surface area contributed by atoms with Gasteiger partial charge in [0.2, 0.25) is 0 Å². The predicted octanol–water partition coefficient (Wildman–Crippen LogP) is 4.14. The maximum absolute atomic E-state index is 13.0. The van der Waals surface area contributed by atoms with Crippen molar-refractivity contribution in [1.82, 2.24) is 4.90 Å². The van der Waals surface area contributed by atoms with Gasteiger partial charge in [-0.2, -0.15) is 0 Å². The Morgan fingerprint density at radius 1 is 0.889 bits per heavy atom. The number of ether oxygens (including phenoxy) is 1. The molecule has 0 aromatic heterocycles. The van der Waals surface area contributed by atoms with Crippen LogP contribution in [-0.4, -0.2) is 29.9 Å². The molecule has 3 aromatic carbocycles. The molecule has 27 heavy (non-hydrogen) atoms. The van der Waals surface area contributed by atoms with Crippen LogP contribution < -0.4 is 0 Å². The van der Waals surface area contributed by atoms with Crippen molar-refractivity contribution >= 4 is 22.6 Å². The van der Waals surface area contributed by atoms with Gasteiger partial charge >= 0.3 is 5.97 Å². The molecule has 1 fully saturated rings. The van der Waals surface area contributed by atoms with Gasteiger partial charge in [-0.05, 0) is 29.0 Å². The first-order chi connectivity index (χ1) is 13.2. The highest BCUT2D eigenvalue weighted by Crippen LogP contribution is 2.44. The van der Waals surface area contributed by atoms with Crippen LogP contribution in [0.4, 0.5) is 0 Å². The molecular formula is C23H19NO3. The summed E-state index contributed by atoms with van der Waals surface area (Å²) in [6.45, 7) is 1.15. The number of rotatable bonds is 1. The van der Waals surface area contributed by atoms with E-state index in [1.54, 1.807) is 0 Å². The van der Waals surface area contributed by atoms with Gasteiger partial charge in [-0.15, -0.1) is 0 Å². The molecule has 0 unspecified atom stereocenters. The Morgan fingerprint density at radius 2 is 1.59 bits per heavy atom. The molecule has 0 N–H and O–H groups in total. The van der Waals surface area contributed by atoms with Gasteiger partial charge in [-0.25, -0.2) is 4.79 Å². The average molecular weight is 357 g/mol. The summed E-state index contributed by atoms with van der Waals surface area (Å²) >= 11 is 0. The van der Waals surface area contributed by atoms with Gasteiger partial charge < -0.3 is 9.64 Å². The molecule has 4 heteroatoms. The molecular weight excluding hydrogens is 338 g/mol. The second kappa shape index (κ2) is 5.95. The largest absolute Gasteiger partial charge is 0.450 e. The number of likely N-dealkylation sites (tertiary alicyclic amines) is 1. The molecule has 1 amide bonds. The van der Waals surface area contributed by atoms with Crippen LogP contribution in [0.25, 0.3) is 10.8 Å². The fourth-order valence-electron chi connectivity index (χ4n) is 4.29. The Kier molecular flexibility index (Phi) is 3.54. The van der Waals surface area contributed by atoms with Gasteiger partial charge in [0.25, 0.3) is 5.91 Å². The number of esters is 1. The topological polar surface area (TPSA) is 46.6 Å². The Hall–Kier alpha value is -3.14. The third-order valence-corrected chi connectivity index (χ3v) is 5.78. The van der Waals surface area contributed by atoms with E-state index in [-0.39, 0.29) is 11.9 Å². The zero-order valence-corrected chi connectivity index (χ0v) is 14.9. The molecule has 3 aromatic rings. The number of hydrogen-bond acceptors (Lipinski definition) is 3. The van der Waals surface area contributed by atoms with E-state index in [2.05, 4.69) is 0 Å². The van der Waals surface area contributed by atoms with Crippen molar-refractivity contribution in [3.8, 4) is 0 Å². The van der Waals surface area contributed by atoms with Gasteiger partial charge in [0.15, 0.2) is 0 Å². The highest BCUT2D eigenvalue weighted by atomic mass is 16.6.